The topological polar surface area (TPSA) is 99.6 Å². The average molecular weight is 508 g/mol. The summed E-state index contributed by atoms with van der Waals surface area (Å²) >= 11 is 9.60. The van der Waals surface area contributed by atoms with Gasteiger partial charge in [-0.3, -0.25) is 14.9 Å². The third-order valence-corrected chi connectivity index (χ3v) is 5.04. The van der Waals surface area contributed by atoms with Gasteiger partial charge in [-0.1, -0.05) is 41.4 Å². The Hall–Kier alpha value is -2.78. The number of nitrogens with zero attached hydrogens (tertiary/aromatic N) is 4. The maximum Gasteiger partial charge on any atom is 0.313 e. The summed E-state index contributed by atoms with van der Waals surface area (Å²) in [7, 11) is 0. The van der Waals surface area contributed by atoms with Crippen LogP contribution >= 0.6 is 27.5 Å². The molecule has 0 atom stereocenters. The van der Waals surface area contributed by atoms with Gasteiger partial charge < -0.3 is 4.74 Å². The number of hydrogen-bond donors (Lipinski definition) is 0. The lowest BCUT2D eigenvalue weighted by molar-refractivity contribution is -0.386. The number of nitro groups is 1. The minimum absolute atomic E-state index is 0.00363. The van der Waals surface area contributed by atoms with Crippen molar-refractivity contribution >= 4 is 50.3 Å². The second-order valence-electron chi connectivity index (χ2n) is 7.42. The molecule has 162 valence electrons. The van der Waals surface area contributed by atoms with Crippen molar-refractivity contribution in [3.63, 3.8) is 0 Å². The Balaban J connectivity index is 2.15. The van der Waals surface area contributed by atoms with Crippen LogP contribution in [-0.4, -0.2) is 26.9 Å². The Kier molecular flexibility index (Phi) is 6.76. The molecule has 1 aromatic heterocycles. The van der Waals surface area contributed by atoms with E-state index in [1.807, 2.05) is 19.9 Å². The molecule has 3 rings (SSSR count). The van der Waals surface area contributed by atoms with Crippen molar-refractivity contribution in [2.45, 2.75) is 39.7 Å². The number of benzene rings is 2. The van der Waals surface area contributed by atoms with E-state index in [1.165, 1.54) is 23.0 Å². The van der Waals surface area contributed by atoms with E-state index in [0.717, 1.165) is 4.47 Å². The molecule has 0 saturated heterocycles. The molecule has 0 N–H and O–H groups in total. The summed E-state index contributed by atoms with van der Waals surface area (Å²) in [5.74, 6) is 0.380. The SMILES string of the molecule is CC(C)Oc1c(Cl)cc(C=Nn2c(C(C)C)nc3ccc(Br)cc3c2=O)cc1[N+](=O)[O-]. The molecule has 3 aromatic rings. The third-order valence-electron chi connectivity index (χ3n) is 4.27. The van der Waals surface area contributed by atoms with E-state index in [2.05, 4.69) is 26.0 Å². The summed E-state index contributed by atoms with van der Waals surface area (Å²) in [5.41, 5.74) is 0.298. The number of hydrogen-bond acceptors (Lipinski definition) is 6. The number of nitro benzene ring substituents is 1. The zero-order chi connectivity index (χ0) is 22.9. The molecule has 2 aromatic carbocycles. The molecule has 0 spiro atoms. The lowest BCUT2D eigenvalue weighted by Gasteiger charge is -2.13. The summed E-state index contributed by atoms with van der Waals surface area (Å²) in [6, 6.07) is 8.06. The van der Waals surface area contributed by atoms with Crippen LogP contribution in [0.2, 0.25) is 5.02 Å². The van der Waals surface area contributed by atoms with Crippen molar-refractivity contribution in [1.82, 2.24) is 9.66 Å². The molecule has 0 radical (unpaired) electrons. The number of halogens is 2. The summed E-state index contributed by atoms with van der Waals surface area (Å²) in [4.78, 5) is 28.6. The normalized spacial score (nSPS) is 11.7. The maximum absolute atomic E-state index is 13.1. The van der Waals surface area contributed by atoms with Crippen molar-refractivity contribution in [2.75, 3.05) is 0 Å². The van der Waals surface area contributed by atoms with Crippen LogP contribution in [0.1, 0.15) is 45.0 Å². The molecule has 8 nitrogen and oxygen atoms in total. The highest BCUT2D eigenvalue weighted by Crippen LogP contribution is 2.36. The second-order valence-corrected chi connectivity index (χ2v) is 8.75. The number of rotatable bonds is 6. The molecule has 0 saturated carbocycles. The smallest absolute Gasteiger partial charge is 0.313 e. The fourth-order valence-corrected chi connectivity index (χ4v) is 3.57. The summed E-state index contributed by atoms with van der Waals surface area (Å²) in [6.45, 7) is 7.30. The minimum atomic E-state index is -0.568. The zero-order valence-corrected chi connectivity index (χ0v) is 19.6. The first kappa shape index (κ1) is 22.9. The first-order chi connectivity index (χ1) is 14.6. The van der Waals surface area contributed by atoms with Crippen LogP contribution in [0.25, 0.3) is 10.9 Å². The van der Waals surface area contributed by atoms with Crippen LogP contribution in [-0.2, 0) is 0 Å². The van der Waals surface area contributed by atoms with Gasteiger partial charge >= 0.3 is 5.69 Å². The van der Waals surface area contributed by atoms with E-state index in [4.69, 9.17) is 16.3 Å². The molecule has 0 bridgehead atoms. The highest BCUT2D eigenvalue weighted by Gasteiger charge is 2.21. The Bertz CT molecular complexity index is 1250. The maximum atomic E-state index is 13.1. The fourth-order valence-electron chi connectivity index (χ4n) is 2.94. The van der Waals surface area contributed by atoms with Crippen molar-refractivity contribution in [3.8, 4) is 5.75 Å². The van der Waals surface area contributed by atoms with Gasteiger partial charge in [-0.05, 0) is 38.1 Å². The van der Waals surface area contributed by atoms with E-state index in [1.54, 1.807) is 26.0 Å². The van der Waals surface area contributed by atoms with Gasteiger partial charge in [0, 0.05) is 22.0 Å². The minimum Gasteiger partial charge on any atom is -0.483 e. The monoisotopic (exact) mass is 506 g/mol. The first-order valence-electron chi connectivity index (χ1n) is 9.49. The van der Waals surface area contributed by atoms with E-state index in [0.29, 0.717) is 22.3 Å². The summed E-state index contributed by atoms with van der Waals surface area (Å²) in [6.07, 6.45) is 1.06. The van der Waals surface area contributed by atoms with Gasteiger partial charge in [-0.25, -0.2) is 4.98 Å². The molecular weight excluding hydrogens is 488 g/mol. The molecule has 0 aliphatic rings. The van der Waals surface area contributed by atoms with Crippen molar-refractivity contribution in [3.05, 3.63) is 71.7 Å². The standard InChI is InChI=1S/C21H20BrClN4O4/c1-11(2)20-25-17-6-5-14(22)9-15(17)21(28)26(20)24-10-13-7-16(23)19(31-12(3)4)18(8-13)27(29)30/h5-12H,1-4H3. The average Bonchev–Trinajstić information content (AvgIpc) is 2.68. The van der Waals surface area contributed by atoms with Crippen LogP contribution in [0.3, 0.4) is 0 Å². The van der Waals surface area contributed by atoms with E-state index >= 15 is 0 Å². The highest BCUT2D eigenvalue weighted by atomic mass is 79.9. The number of ether oxygens (including phenoxy) is 1. The second kappa shape index (κ2) is 9.15. The van der Waals surface area contributed by atoms with Gasteiger partial charge in [-0.2, -0.15) is 9.78 Å². The van der Waals surface area contributed by atoms with Crippen LogP contribution in [0, 0.1) is 10.1 Å². The quantitative estimate of drug-likeness (QED) is 0.249. The van der Waals surface area contributed by atoms with E-state index < -0.39 is 4.92 Å². The van der Waals surface area contributed by atoms with E-state index in [-0.39, 0.29) is 34.0 Å². The van der Waals surface area contributed by atoms with Gasteiger partial charge in [0.05, 0.1) is 33.2 Å². The zero-order valence-electron chi connectivity index (χ0n) is 17.3. The highest BCUT2D eigenvalue weighted by molar-refractivity contribution is 9.10. The van der Waals surface area contributed by atoms with Gasteiger partial charge in [0.25, 0.3) is 5.56 Å². The lowest BCUT2D eigenvalue weighted by Crippen LogP contribution is -2.23. The molecule has 0 aliphatic carbocycles. The Morgan fingerprint density at radius 2 is 1.97 bits per heavy atom. The number of fused-ring (bicyclic) bond motifs is 1. The Morgan fingerprint density at radius 3 is 2.58 bits per heavy atom. The van der Waals surface area contributed by atoms with Gasteiger partial charge in [-0.15, -0.1) is 0 Å². The lowest BCUT2D eigenvalue weighted by atomic mass is 10.2. The Morgan fingerprint density at radius 1 is 1.26 bits per heavy atom. The fraction of sp³-hybridized carbons (Fsp3) is 0.286. The van der Waals surface area contributed by atoms with E-state index in [9.17, 15) is 14.9 Å². The van der Waals surface area contributed by atoms with Crippen molar-refractivity contribution < 1.29 is 9.66 Å². The van der Waals surface area contributed by atoms with Crippen LogP contribution in [0.5, 0.6) is 5.75 Å². The third kappa shape index (κ3) is 4.94. The molecule has 0 unspecified atom stereocenters. The molecule has 0 fully saturated rings. The Labute approximate surface area is 191 Å². The van der Waals surface area contributed by atoms with Crippen LogP contribution < -0.4 is 10.3 Å². The predicted molar refractivity (Wildman–Crippen MR) is 125 cm³/mol. The van der Waals surface area contributed by atoms with Gasteiger partial charge in [0.15, 0.2) is 0 Å². The van der Waals surface area contributed by atoms with Crippen LogP contribution in [0.4, 0.5) is 5.69 Å². The number of aromatic nitrogens is 2. The van der Waals surface area contributed by atoms with Crippen molar-refractivity contribution in [2.24, 2.45) is 5.10 Å². The summed E-state index contributed by atoms with van der Waals surface area (Å²) < 4.78 is 7.45. The molecular formula is C21H20BrClN4O4. The van der Waals surface area contributed by atoms with Crippen molar-refractivity contribution in [1.29, 1.82) is 0 Å². The molecule has 0 aliphatic heterocycles. The summed E-state index contributed by atoms with van der Waals surface area (Å²) in [5, 5.41) is 16.3. The van der Waals surface area contributed by atoms with Crippen LogP contribution in [0.15, 0.2) is 44.7 Å². The predicted octanol–water partition coefficient (Wildman–Crippen LogP) is 5.51. The van der Waals surface area contributed by atoms with Gasteiger partial charge in [0.2, 0.25) is 5.75 Å². The molecule has 0 amide bonds. The molecule has 31 heavy (non-hydrogen) atoms. The van der Waals surface area contributed by atoms with Gasteiger partial charge in [0.1, 0.15) is 5.82 Å². The molecule has 10 heteroatoms. The molecule has 1 heterocycles. The largest absolute Gasteiger partial charge is 0.483 e. The first-order valence-corrected chi connectivity index (χ1v) is 10.7.